The van der Waals surface area contributed by atoms with Crippen LogP contribution in [-0.2, 0) is 9.53 Å². The van der Waals surface area contributed by atoms with Crippen molar-refractivity contribution in [1.29, 1.82) is 0 Å². The quantitative estimate of drug-likeness (QED) is 0.352. The van der Waals surface area contributed by atoms with Crippen LogP contribution < -0.4 is 4.74 Å². The third-order valence-corrected chi connectivity index (χ3v) is 5.05. The van der Waals surface area contributed by atoms with Gasteiger partial charge in [-0.2, -0.15) is 0 Å². The maximum absolute atomic E-state index is 13.8. The lowest BCUT2D eigenvalue weighted by atomic mass is 10.0. The van der Waals surface area contributed by atoms with Crippen molar-refractivity contribution >= 4 is 23.4 Å². The molecule has 3 nitrogen and oxygen atoms in total. The first-order valence-electron chi connectivity index (χ1n) is 7.63. The first-order valence-corrected chi connectivity index (χ1v) is 8.44. The van der Waals surface area contributed by atoms with Crippen LogP contribution in [0.3, 0.4) is 0 Å². The molecular weight excluding hydrogens is 339 g/mol. The van der Waals surface area contributed by atoms with Crippen LogP contribution in [0.1, 0.15) is 4.88 Å². The predicted octanol–water partition coefficient (Wildman–Crippen LogP) is 5.51. The average Bonchev–Trinajstić information content (AvgIpc) is 3.00. The van der Waals surface area contributed by atoms with Crippen molar-refractivity contribution in [3.63, 3.8) is 0 Å². The standard InChI is InChI=1S/C20H13FO3S/c1-23-19(22)9-7-13-11-15-14-4-2-3-5-17(14)24-18-8-6-12(21)10-16(18)20(15)25-13/h2-11H,1H3/b9-7+. The second-order valence-electron chi connectivity index (χ2n) is 5.49. The number of hydrogen-bond acceptors (Lipinski definition) is 4. The van der Waals surface area contributed by atoms with Gasteiger partial charge in [-0.25, -0.2) is 9.18 Å². The molecule has 1 aliphatic rings. The minimum Gasteiger partial charge on any atom is -0.466 e. The molecule has 3 aromatic rings. The molecule has 0 unspecified atom stereocenters. The highest BCUT2D eigenvalue weighted by atomic mass is 32.1. The number of methoxy groups -OCH3 is 1. The Morgan fingerprint density at radius 2 is 1.88 bits per heavy atom. The van der Waals surface area contributed by atoms with Gasteiger partial charge in [-0.15, -0.1) is 11.3 Å². The maximum Gasteiger partial charge on any atom is 0.330 e. The van der Waals surface area contributed by atoms with Gasteiger partial charge in [-0.3, -0.25) is 0 Å². The summed E-state index contributed by atoms with van der Waals surface area (Å²) < 4.78 is 24.5. The molecule has 0 amide bonds. The van der Waals surface area contributed by atoms with E-state index >= 15 is 0 Å². The average molecular weight is 352 g/mol. The summed E-state index contributed by atoms with van der Waals surface area (Å²) in [6.45, 7) is 0. The van der Waals surface area contributed by atoms with E-state index in [0.29, 0.717) is 11.3 Å². The fourth-order valence-electron chi connectivity index (χ4n) is 2.78. The minimum absolute atomic E-state index is 0.320. The zero-order chi connectivity index (χ0) is 17.4. The molecule has 0 N–H and O–H groups in total. The van der Waals surface area contributed by atoms with Gasteiger partial charge in [-0.1, -0.05) is 18.2 Å². The topological polar surface area (TPSA) is 35.5 Å². The van der Waals surface area contributed by atoms with Crippen molar-refractivity contribution in [3.8, 4) is 33.1 Å². The fraction of sp³-hybridized carbons (Fsp3) is 0.0500. The van der Waals surface area contributed by atoms with Gasteiger partial charge in [0, 0.05) is 32.5 Å². The van der Waals surface area contributed by atoms with Gasteiger partial charge in [0.1, 0.15) is 17.3 Å². The normalized spacial score (nSPS) is 11.9. The van der Waals surface area contributed by atoms with Crippen LogP contribution in [0, 0.1) is 5.82 Å². The number of halogens is 1. The number of carbonyl (C=O) groups excluding carboxylic acids is 1. The minimum atomic E-state index is -0.418. The molecule has 0 bridgehead atoms. The Balaban J connectivity index is 1.93. The highest BCUT2D eigenvalue weighted by Gasteiger charge is 2.23. The molecule has 0 spiro atoms. The Kier molecular flexibility index (Phi) is 3.86. The maximum atomic E-state index is 13.8. The first-order chi connectivity index (χ1) is 12.2. The van der Waals surface area contributed by atoms with Crippen LogP contribution in [0.15, 0.2) is 54.6 Å². The van der Waals surface area contributed by atoms with E-state index in [-0.39, 0.29) is 5.82 Å². The SMILES string of the molecule is COC(=O)/C=C/c1cc2c(s1)-c1cc(F)ccc1Oc1ccccc1-2. The van der Waals surface area contributed by atoms with Gasteiger partial charge in [0.05, 0.1) is 7.11 Å². The Bertz CT molecular complexity index is 1000. The summed E-state index contributed by atoms with van der Waals surface area (Å²) in [6, 6.07) is 14.2. The van der Waals surface area contributed by atoms with Crippen LogP contribution in [0.4, 0.5) is 4.39 Å². The van der Waals surface area contributed by atoms with E-state index in [1.807, 2.05) is 30.3 Å². The second-order valence-corrected chi connectivity index (χ2v) is 6.57. The summed E-state index contributed by atoms with van der Waals surface area (Å²) in [7, 11) is 1.34. The lowest BCUT2D eigenvalue weighted by Crippen LogP contribution is -1.92. The molecule has 2 aromatic carbocycles. The molecule has 0 aliphatic carbocycles. The van der Waals surface area contributed by atoms with E-state index < -0.39 is 5.97 Å². The van der Waals surface area contributed by atoms with E-state index in [2.05, 4.69) is 4.74 Å². The van der Waals surface area contributed by atoms with Crippen molar-refractivity contribution in [2.75, 3.05) is 7.11 Å². The summed E-state index contributed by atoms with van der Waals surface area (Å²) in [5, 5.41) is 0. The summed E-state index contributed by atoms with van der Waals surface area (Å²) >= 11 is 1.47. The van der Waals surface area contributed by atoms with Crippen LogP contribution in [0.5, 0.6) is 11.5 Å². The van der Waals surface area contributed by atoms with E-state index in [1.54, 1.807) is 12.1 Å². The van der Waals surface area contributed by atoms with Gasteiger partial charge < -0.3 is 9.47 Å². The van der Waals surface area contributed by atoms with Crippen LogP contribution in [-0.4, -0.2) is 13.1 Å². The Morgan fingerprint density at radius 3 is 2.72 bits per heavy atom. The van der Waals surface area contributed by atoms with Gasteiger partial charge in [0.15, 0.2) is 0 Å². The first kappa shape index (κ1) is 15.6. The highest BCUT2D eigenvalue weighted by Crippen LogP contribution is 2.50. The summed E-state index contributed by atoms with van der Waals surface area (Å²) in [6.07, 6.45) is 3.08. The molecule has 0 radical (unpaired) electrons. The van der Waals surface area contributed by atoms with E-state index in [1.165, 1.54) is 36.7 Å². The number of para-hydroxylation sites is 1. The largest absolute Gasteiger partial charge is 0.466 e. The summed E-state index contributed by atoms with van der Waals surface area (Å²) in [5.74, 6) is 0.589. The molecule has 0 saturated heterocycles. The third-order valence-electron chi connectivity index (χ3n) is 3.92. The Hall–Kier alpha value is -2.92. The molecule has 5 heteroatoms. The van der Waals surface area contributed by atoms with Crippen molar-refractivity contribution in [2.45, 2.75) is 0 Å². The van der Waals surface area contributed by atoms with Crippen LogP contribution in [0.25, 0.3) is 27.6 Å². The lowest BCUT2D eigenvalue weighted by Gasteiger charge is -2.08. The summed E-state index contributed by atoms with van der Waals surface area (Å²) in [5.41, 5.74) is 2.59. The monoisotopic (exact) mass is 352 g/mol. The van der Waals surface area contributed by atoms with E-state index in [4.69, 9.17) is 4.74 Å². The molecule has 0 atom stereocenters. The molecule has 0 fully saturated rings. The van der Waals surface area contributed by atoms with Gasteiger partial charge in [-0.05, 0) is 36.4 Å². The molecular formula is C20H13FO3S. The molecule has 25 heavy (non-hydrogen) atoms. The number of ether oxygens (including phenoxy) is 2. The second kappa shape index (κ2) is 6.18. The molecule has 1 aliphatic heterocycles. The van der Waals surface area contributed by atoms with E-state index in [0.717, 1.165) is 26.6 Å². The van der Waals surface area contributed by atoms with Crippen molar-refractivity contribution in [3.05, 3.63) is 65.3 Å². The molecule has 124 valence electrons. The lowest BCUT2D eigenvalue weighted by molar-refractivity contribution is -0.134. The van der Waals surface area contributed by atoms with Gasteiger partial charge in [0.25, 0.3) is 0 Å². The number of esters is 1. The number of fused-ring (bicyclic) bond motifs is 5. The Labute approximate surface area is 148 Å². The smallest absolute Gasteiger partial charge is 0.330 e. The number of carbonyl (C=O) groups is 1. The molecule has 4 rings (SSSR count). The number of hydrogen-bond donors (Lipinski definition) is 0. The van der Waals surface area contributed by atoms with Gasteiger partial charge >= 0.3 is 5.97 Å². The van der Waals surface area contributed by atoms with Crippen molar-refractivity contribution in [1.82, 2.24) is 0 Å². The zero-order valence-corrected chi connectivity index (χ0v) is 14.1. The van der Waals surface area contributed by atoms with Crippen LogP contribution >= 0.6 is 11.3 Å². The number of benzene rings is 2. The van der Waals surface area contributed by atoms with Crippen molar-refractivity contribution in [2.24, 2.45) is 0 Å². The zero-order valence-electron chi connectivity index (χ0n) is 13.3. The predicted molar refractivity (Wildman–Crippen MR) is 96.3 cm³/mol. The molecule has 1 aromatic heterocycles. The fourth-order valence-corrected chi connectivity index (χ4v) is 3.87. The third kappa shape index (κ3) is 2.83. The highest BCUT2D eigenvalue weighted by molar-refractivity contribution is 7.17. The molecule has 2 heterocycles. The van der Waals surface area contributed by atoms with Crippen molar-refractivity contribution < 1.29 is 18.7 Å². The van der Waals surface area contributed by atoms with E-state index in [9.17, 15) is 9.18 Å². The van der Waals surface area contributed by atoms with Crippen LogP contribution in [0.2, 0.25) is 0 Å². The van der Waals surface area contributed by atoms with Gasteiger partial charge in [0.2, 0.25) is 0 Å². The number of rotatable bonds is 2. The Morgan fingerprint density at radius 1 is 1.08 bits per heavy atom. The number of thiophene rings is 1. The summed E-state index contributed by atoms with van der Waals surface area (Å²) in [4.78, 5) is 13.1. The molecule has 0 saturated carbocycles.